The molecular formula is C36H29BrO6. The number of esters is 1. The first kappa shape index (κ1) is 29.6. The largest absolute Gasteiger partial charge is 0.489 e. The van der Waals surface area contributed by atoms with E-state index in [4.69, 9.17) is 18.9 Å². The number of carbonyl (C=O) groups is 2. The van der Waals surface area contributed by atoms with E-state index in [1.165, 1.54) is 0 Å². The number of alkyl halides is 1. The van der Waals surface area contributed by atoms with Gasteiger partial charge in [-0.25, -0.2) is 4.79 Å². The molecular weight excluding hydrogens is 608 g/mol. The fourth-order valence-corrected chi connectivity index (χ4v) is 4.53. The highest BCUT2D eigenvalue weighted by atomic mass is 79.9. The van der Waals surface area contributed by atoms with E-state index in [0.717, 1.165) is 16.7 Å². The Kier molecular flexibility index (Phi) is 10.2. The molecule has 0 fully saturated rings. The Balaban J connectivity index is 1.39. The third kappa shape index (κ3) is 8.33. The Labute approximate surface area is 258 Å². The van der Waals surface area contributed by atoms with Crippen LogP contribution in [0.2, 0.25) is 0 Å². The third-order valence-electron chi connectivity index (χ3n) is 6.47. The molecule has 43 heavy (non-hydrogen) atoms. The lowest BCUT2D eigenvalue weighted by Gasteiger charge is -2.17. The van der Waals surface area contributed by atoms with Crippen LogP contribution in [0.15, 0.2) is 127 Å². The van der Waals surface area contributed by atoms with Crippen molar-refractivity contribution < 1.29 is 28.5 Å². The molecule has 0 amide bonds. The molecule has 5 aromatic carbocycles. The fourth-order valence-electron chi connectivity index (χ4n) is 4.25. The van der Waals surface area contributed by atoms with Crippen LogP contribution in [0.3, 0.4) is 0 Å². The number of rotatable bonds is 13. The number of hydrogen-bond donors (Lipinski definition) is 0. The van der Waals surface area contributed by atoms with Gasteiger partial charge in [0.15, 0.2) is 5.78 Å². The molecule has 7 heteroatoms. The molecule has 5 aromatic rings. The van der Waals surface area contributed by atoms with Crippen LogP contribution in [-0.2, 0) is 19.8 Å². The van der Waals surface area contributed by atoms with E-state index in [0.29, 0.717) is 23.7 Å². The topological polar surface area (TPSA) is 71.1 Å². The van der Waals surface area contributed by atoms with Gasteiger partial charge in [0.05, 0.1) is 10.9 Å². The van der Waals surface area contributed by atoms with Crippen LogP contribution in [0.5, 0.6) is 23.0 Å². The number of Topliss-reactive ketones (excluding diaryl/α,β-unsaturated/α-hetero) is 1. The molecule has 5 rings (SSSR count). The Morgan fingerprint density at radius 3 is 1.51 bits per heavy atom. The van der Waals surface area contributed by atoms with Gasteiger partial charge in [-0.05, 0) is 41.0 Å². The second-order valence-corrected chi connectivity index (χ2v) is 10.1. The molecule has 0 N–H and O–H groups in total. The minimum absolute atomic E-state index is 0.0108. The van der Waals surface area contributed by atoms with Crippen LogP contribution in [-0.4, -0.2) is 17.1 Å². The normalized spacial score (nSPS) is 10.5. The van der Waals surface area contributed by atoms with Gasteiger partial charge >= 0.3 is 5.97 Å². The van der Waals surface area contributed by atoms with Crippen LogP contribution in [0.1, 0.15) is 37.4 Å². The summed E-state index contributed by atoms with van der Waals surface area (Å²) in [7, 11) is 0. The number of carbonyl (C=O) groups excluding carboxylic acids is 2. The molecule has 0 aliphatic heterocycles. The van der Waals surface area contributed by atoms with Gasteiger partial charge in [0, 0.05) is 12.1 Å². The van der Waals surface area contributed by atoms with Crippen LogP contribution in [0.4, 0.5) is 0 Å². The van der Waals surface area contributed by atoms with E-state index in [9.17, 15) is 9.59 Å². The molecule has 0 atom stereocenters. The maximum atomic E-state index is 13.3. The van der Waals surface area contributed by atoms with Crippen molar-refractivity contribution in [1.82, 2.24) is 0 Å². The second-order valence-electron chi connectivity index (χ2n) is 9.59. The number of halogens is 1. The lowest BCUT2D eigenvalue weighted by molar-refractivity contribution is 0.0731. The summed E-state index contributed by atoms with van der Waals surface area (Å²) < 4.78 is 23.8. The fraction of sp³-hybridized carbons (Fsp3) is 0.111. The summed E-state index contributed by atoms with van der Waals surface area (Å²) in [5, 5.41) is 0.0108. The summed E-state index contributed by atoms with van der Waals surface area (Å²) in [6.07, 6.45) is 0. The lowest BCUT2D eigenvalue weighted by Crippen LogP contribution is -2.14. The highest BCUT2D eigenvalue weighted by Crippen LogP contribution is 2.36. The Morgan fingerprint density at radius 1 is 0.535 bits per heavy atom. The van der Waals surface area contributed by atoms with Crippen molar-refractivity contribution in [3.63, 3.8) is 0 Å². The predicted molar refractivity (Wildman–Crippen MR) is 168 cm³/mol. The van der Waals surface area contributed by atoms with E-state index >= 15 is 0 Å². The molecule has 0 saturated heterocycles. The van der Waals surface area contributed by atoms with Gasteiger partial charge in [-0.2, -0.15) is 0 Å². The van der Waals surface area contributed by atoms with Crippen LogP contribution in [0.25, 0.3) is 0 Å². The standard InChI is InChI=1S/C36H29BrO6/c37-22-32(38)35-33(42-25-28-14-8-3-9-15-28)20-31(41-24-27-12-6-2-7-13-27)21-34(35)43-36(39)29-16-18-30(19-17-29)40-23-26-10-4-1-5-11-26/h1-21H,22-25H2. The zero-order chi connectivity index (χ0) is 29.9. The van der Waals surface area contributed by atoms with Gasteiger partial charge in [-0.1, -0.05) is 107 Å². The van der Waals surface area contributed by atoms with Crippen LogP contribution in [0, 0.1) is 0 Å². The average Bonchev–Trinajstić information content (AvgIpc) is 3.06. The summed E-state index contributed by atoms with van der Waals surface area (Å²) in [6.45, 7) is 0.899. The Morgan fingerprint density at radius 2 is 1.00 bits per heavy atom. The number of ether oxygens (including phenoxy) is 4. The summed E-state index contributed by atoms with van der Waals surface area (Å²) in [6, 6.07) is 38.9. The predicted octanol–water partition coefficient (Wildman–Crippen LogP) is 8.22. The van der Waals surface area contributed by atoms with Crippen molar-refractivity contribution in [2.24, 2.45) is 0 Å². The van der Waals surface area contributed by atoms with E-state index in [1.54, 1.807) is 36.4 Å². The minimum Gasteiger partial charge on any atom is -0.489 e. The molecule has 0 heterocycles. The first-order valence-corrected chi connectivity index (χ1v) is 14.8. The van der Waals surface area contributed by atoms with Gasteiger partial charge in [0.1, 0.15) is 48.4 Å². The zero-order valence-electron chi connectivity index (χ0n) is 23.3. The monoisotopic (exact) mass is 636 g/mol. The lowest BCUT2D eigenvalue weighted by atomic mass is 10.1. The maximum absolute atomic E-state index is 13.3. The molecule has 0 aliphatic rings. The van der Waals surface area contributed by atoms with Crippen molar-refractivity contribution in [1.29, 1.82) is 0 Å². The summed E-state index contributed by atoms with van der Waals surface area (Å²) >= 11 is 3.26. The summed E-state index contributed by atoms with van der Waals surface area (Å²) in [4.78, 5) is 26.4. The van der Waals surface area contributed by atoms with Gasteiger partial charge in [-0.3, -0.25) is 4.79 Å². The second kappa shape index (κ2) is 14.8. The number of ketones is 1. The van der Waals surface area contributed by atoms with E-state index < -0.39 is 5.97 Å². The molecule has 0 spiro atoms. The highest BCUT2D eigenvalue weighted by molar-refractivity contribution is 9.09. The van der Waals surface area contributed by atoms with Crippen molar-refractivity contribution in [3.05, 3.63) is 155 Å². The first-order chi connectivity index (χ1) is 21.1. The molecule has 0 aromatic heterocycles. The maximum Gasteiger partial charge on any atom is 0.343 e. The average molecular weight is 638 g/mol. The van der Waals surface area contributed by atoms with Crippen molar-refractivity contribution in [3.8, 4) is 23.0 Å². The summed E-state index contributed by atoms with van der Waals surface area (Å²) in [5.41, 5.74) is 3.36. The van der Waals surface area contributed by atoms with Gasteiger partial charge in [0.2, 0.25) is 0 Å². The zero-order valence-corrected chi connectivity index (χ0v) is 24.9. The number of benzene rings is 5. The van der Waals surface area contributed by atoms with Crippen molar-refractivity contribution in [2.45, 2.75) is 19.8 Å². The SMILES string of the molecule is O=C(Oc1cc(OCc2ccccc2)cc(OCc2ccccc2)c1C(=O)CBr)c1ccc(OCc2ccccc2)cc1. The Hall–Kier alpha value is -4.88. The summed E-state index contributed by atoms with van der Waals surface area (Å²) in [5.74, 6) is 0.380. The molecule has 0 aliphatic carbocycles. The molecule has 6 nitrogen and oxygen atoms in total. The smallest absolute Gasteiger partial charge is 0.343 e. The molecule has 0 radical (unpaired) electrons. The van der Waals surface area contributed by atoms with E-state index in [1.807, 2.05) is 91.0 Å². The van der Waals surface area contributed by atoms with Crippen molar-refractivity contribution >= 4 is 27.7 Å². The molecule has 0 saturated carbocycles. The van der Waals surface area contributed by atoms with Gasteiger partial charge < -0.3 is 18.9 Å². The molecule has 0 unspecified atom stereocenters. The third-order valence-corrected chi connectivity index (χ3v) is 6.98. The number of hydrogen-bond acceptors (Lipinski definition) is 6. The van der Waals surface area contributed by atoms with Gasteiger partial charge in [0.25, 0.3) is 0 Å². The van der Waals surface area contributed by atoms with Crippen LogP contribution < -0.4 is 18.9 Å². The quantitative estimate of drug-likeness (QED) is 0.0561. The molecule has 0 bridgehead atoms. The highest BCUT2D eigenvalue weighted by Gasteiger charge is 2.23. The van der Waals surface area contributed by atoms with Crippen molar-refractivity contribution in [2.75, 3.05) is 5.33 Å². The van der Waals surface area contributed by atoms with E-state index in [-0.39, 0.29) is 41.4 Å². The minimum atomic E-state index is -0.632. The van der Waals surface area contributed by atoms with Crippen LogP contribution >= 0.6 is 15.9 Å². The van der Waals surface area contributed by atoms with E-state index in [2.05, 4.69) is 15.9 Å². The Bertz CT molecular complexity index is 1640. The van der Waals surface area contributed by atoms with Gasteiger partial charge in [-0.15, -0.1) is 0 Å². The molecule has 216 valence electrons. The first-order valence-electron chi connectivity index (χ1n) is 13.7.